The van der Waals surface area contributed by atoms with Crippen LogP contribution in [0.15, 0.2) is 24.3 Å². The van der Waals surface area contributed by atoms with Gasteiger partial charge in [-0.3, -0.25) is 9.48 Å². The highest BCUT2D eigenvalue weighted by atomic mass is 16.1. The normalized spacial score (nSPS) is 10.8. The Kier molecular flexibility index (Phi) is 2.51. The highest BCUT2D eigenvalue weighted by Crippen LogP contribution is 2.17. The first-order valence-electron chi connectivity index (χ1n) is 4.83. The lowest BCUT2D eigenvalue weighted by Crippen LogP contribution is -2.19. The summed E-state index contributed by atoms with van der Waals surface area (Å²) in [6.45, 7) is 0.320. The maximum Gasteiger partial charge on any atom is 0.197 e. The maximum absolute atomic E-state index is 11.7. The van der Waals surface area contributed by atoms with Gasteiger partial charge in [0.1, 0.15) is 5.69 Å². The van der Waals surface area contributed by atoms with E-state index < -0.39 is 0 Å². The van der Waals surface area contributed by atoms with Crippen LogP contribution in [-0.2, 0) is 7.05 Å². The van der Waals surface area contributed by atoms with E-state index in [-0.39, 0.29) is 5.78 Å². The van der Waals surface area contributed by atoms with E-state index in [1.54, 1.807) is 11.7 Å². The Bertz CT molecular complexity index is 502. The molecule has 1 N–H and O–H groups in total. The van der Waals surface area contributed by atoms with Crippen molar-refractivity contribution in [3.63, 3.8) is 0 Å². The van der Waals surface area contributed by atoms with Crippen molar-refractivity contribution in [2.75, 3.05) is 13.6 Å². The molecule has 4 heteroatoms. The second kappa shape index (κ2) is 3.82. The van der Waals surface area contributed by atoms with E-state index in [2.05, 4.69) is 10.4 Å². The number of aromatic nitrogens is 2. The van der Waals surface area contributed by atoms with Crippen LogP contribution in [0, 0.1) is 0 Å². The highest BCUT2D eigenvalue weighted by Gasteiger charge is 2.14. The molecular formula is C11H13N3O. The molecule has 0 aliphatic heterocycles. The fourth-order valence-electron chi connectivity index (χ4n) is 1.66. The van der Waals surface area contributed by atoms with Crippen molar-refractivity contribution < 1.29 is 4.79 Å². The minimum atomic E-state index is 0.0225. The van der Waals surface area contributed by atoms with Crippen molar-refractivity contribution in [2.24, 2.45) is 7.05 Å². The van der Waals surface area contributed by atoms with Crippen molar-refractivity contribution in [2.45, 2.75) is 0 Å². The molecule has 78 valence electrons. The molecule has 0 saturated heterocycles. The molecule has 0 radical (unpaired) electrons. The number of nitrogens with one attached hydrogen (secondary N) is 1. The second-order valence-corrected chi connectivity index (χ2v) is 3.44. The topological polar surface area (TPSA) is 46.9 Å². The molecule has 0 atom stereocenters. The number of carbonyl (C=O) groups is 1. The smallest absolute Gasteiger partial charge is 0.197 e. The third-order valence-electron chi connectivity index (χ3n) is 2.36. The van der Waals surface area contributed by atoms with Crippen LogP contribution in [0.2, 0.25) is 0 Å². The molecule has 0 aliphatic rings. The van der Waals surface area contributed by atoms with Gasteiger partial charge in [0.25, 0.3) is 0 Å². The second-order valence-electron chi connectivity index (χ2n) is 3.44. The fourth-order valence-corrected chi connectivity index (χ4v) is 1.66. The minimum Gasteiger partial charge on any atom is -0.313 e. The quantitative estimate of drug-likeness (QED) is 0.756. The Balaban J connectivity index is 2.57. The Morgan fingerprint density at radius 2 is 2.20 bits per heavy atom. The lowest BCUT2D eigenvalue weighted by atomic mass is 10.1. The maximum atomic E-state index is 11.7. The van der Waals surface area contributed by atoms with E-state index in [1.165, 1.54) is 0 Å². The van der Waals surface area contributed by atoms with Gasteiger partial charge in [-0.2, -0.15) is 5.10 Å². The van der Waals surface area contributed by atoms with Crippen molar-refractivity contribution in [3.8, 4) is 0 Å². The van der Waals surface area contributed by atoms with Crippen LogP contribution in [0.1, 0.15) is 10.5 Å². The largest absolute Gasteiger partial charge is 0.313 e. The van der Waals surface area contributed by atoms with Gasteiger partial charge in [-0.1, -0.05) is 18.2 Å². The van der Waals surface area contributed by atoms with E-state index >= 15 is 0 Å². The summed E-state index contributed by atoms with van der Waals surface area (Å²) in [6.07, 6.45) is 0. The van der Waals surface area contributed by atoms with Crippen LogP contribution in [0.4, 0.5) is 0 Å². The van der Waals surface area contributed by atoms with Crippen LogP contribution in [-0.4, -0.2) is 29.2 Å². The standard InChI is InChI=1S/C11H13N3O/c1-12-7-10(15)11-8-5-3-4-6-9(8)14(2)13-11/h3-6,12H,7H2,1-2H3. The number of para-hydroxylation sites is 1. The molecule has 15 heavy (non-hydrogen) atoms. The molecule has 0 spiro atoms. The number of ketones is 1. The Morgan fingerprint density at radius 1 is 1.47 bits per heavy atom. The number of rotatable bonds is 3. The van der Waals surface area contributed by atoms with Gasteiger partial charge in [-0.15, -0.1) is 0 Å². The van der Waals surface area contributed by atoms with E-state index in [9.17, 15) is 4.79 Å². The van der Waals surface area contributed by atoms with E-state index in [1.807, 2.05) is 31.3 Å². The third kappa shape index (κ3) is 1.64. The average molecular weight is 203 g/mol. The van der Waals surface area contributed by atoms with Crippen molar-refractivity contribution in [1.82, 2.24) is 15.1 Å². The number of fused-ring (bicyclic) bond motifs is 1. The lowest BCUT2D eigenvalue weighted by molar-refractivity contribution is 0.0989. The van der Waals surface area contributed by atoms with Gasteiger partial charge in [0.2, 0.25) is 0 Å². The number of aryl methyl sites for hydroxylation is 1. The number of nitrogens with zero attached hydrogens (tertiary/aromatic N) is 2. The van der Waals surface area contributed by atoms with Crippen molar-refractivity contribution in [1.29, 1.82) is 0 Å². The fraction of sp³-hybridized carbons (Fsp3) is 0.273. The molecule has 0 aliphatic carbocycles. The molecule has 0 fully saturated rings. The number of Topliss-reactive ketones (excluding diaryl/α,β-unsaturated/α-hetero) is 1. The monoisotopic (exact) mass is 203 g/mol. The molecule has 4 nitrogen and oxygen atoms in total. The highest BCUT2D eigenvalue weighted by molar-refractivity contribution is 6.06. The summed E-state index contributed by atoms with van der Waals surface area (Å²) in [5.41, 5.74) is 1.53. The summed E-state index contributed by atoms with van der Waals surface area (Å²) in [6, 6.07) is 7.74. The predicted octanol–water partition coefficient (Wildman–Crippen LogP) is 0.975. The zero-order valence-corrected chi connectivity index (χ0v) is 8.82. The molecule has 1 heterocycles. The summed E-state index contributed by atoms with van der Waals surface area (Å²) < 4.78 is 1.73. The van der Waals surface area contributed by atoms with Gasteiger partial charge < -0.3 is 5.32 Å². The molecule has 1 aromatic carbocycles. The molecule has 0 unspecified atom stereocenters. The first-order valence-corrected chi connectivity index (χ1v) is 4.83. The van der Waals surface area contributed by atoms with E-state index in [4.69, 9.17) is 0 Å². The van der Waals surface area contributed by atoms with E-state index in [0.717, 1.165) is 10.9 Å². The Morgan fingerprint density at radius 3 is 2.93 bits per heavy atom. The summed E-state index contributed by atoms with van der Waals surface area (Å²) in [7, 11) is 3.60. The van der Waals surface area contributed by atoms with Gasteiger partial charge in [-0.05, 0) is 13.1 Å². The van der Waals surface area contributed by atoms with Crippen LogP contribution >= 0.6 is 0 Å². The zero-order valence-electron chi connectivity index (χ0n) is 8.82. The van der Waals surface area contributed by atoms with Crippen LogP contribution < -0.4 is 5.32 Å². The average Bonchev–Trinajstić information content (AvgIpc) is 2.58. The van der Waals surface area contributed by atoms with Gasteiger partial charge in [0.05, 0.1) is 12.1 Å². The molecule has 0 amide bonds. The zero-order chi connectivity index (χ0) is 10.8. The Hall–Kier alpha value is -1.68. The summed E-state index contributed by atoms with van der Waals surface area (Å²) in [5.74, 6) is 0.0225. The van der Waals surface area contributed by atoms with Gasteiger partial charge in [0, 0.05) is 12.4 Å². The number of likely N-dealkylation sites (N-methyl/N-ethyl adjacent to an activating group) is 1. The first kappa shape index (κ1) is 9.86. The SMILES string of the molecule is CNCC(=O)c1nn(C)c2ccccc12. The predicted molar refractivity (Wildman–Crippen MR) is 59.0 cm³/mol. The Labute approximate surface area is 87.9 Å². The van der Waals surface area contributed by atoms with Gasteiger partial charge >= 0.3 is 0 Å². The van der Waals surface area contributed by atoms with E-state index in [0.29, 0.717) is 12.2 Å². The summed E-state index contributed by atoms with van der Waals surface area (Å²) in [5, 5.41) is 7.99. The summed E-state index contributed by atoms with van der Waals surface area (Å²) >= 11 is 0. The molecule has 0 saturated carbocycles. The molecule has 2 rings (SSSR count). The molecule has 0 bridgehead atoms. The minimum absolute atomic E-state index is 0.0225. The number of hydrogen-bond acceptors (Lipinski definition) is 3. The van der Waals surface area contributed by atoms with Crippen molar-refractivity contribution >= 4 is 16.7 Å². The van der Waals surface area contributed by atoms with Gasteiger partial charge in [0.15, 0.2) is 5.78 Å². The molecule has 2 aromatic rings. The number of carbonyl (C=O) groups excluding carboxylic acids is 1. The van der Waals surface area contributed by atoms with Crippen molar-refractivity contribution in [3.05, 3.63) is 30.0 Å². The summed E-state index contributed by atoms with van der Waals surface area (Å²) in [4.78, 5) is 11.7. The first-order chi connectivity index (χ1) is 7.24. The number of hydrogen-bond donors (Lipinski definition) is 1. The van der Waals surface area contributed by atoms with Crippen LogP contribution in [0.5, 0.6) is 0 Å². The molecular weight excluding hydrogens is 190 g/mol. The molecule has 1 aromatic heterocycles. The van der Waals surface area contributed by atoms with Gasteiger partial charge in [-0.25, -0.2) is 0 Å². The lowest BCUT2D eigenvalue weighted by Gasteiger charge is -1.95. The third-order valence-corrected chi connectivity index (χ3v) is 2.36. The number of benzene rings is 1. The van der Waals surface area contributed by atoms with Crippen LogP contribution in [0.25, 0.3) is 10.9 Å². The van der Waals surface area contributed by atoms with Crippen LogP contribution in [0.3, 0.4) is 0 Å².